The Morgan fingerprint density at radius 3 is 2.90 bits per heavy atom. The Labute approximate surface area is 125 Å². The summed E-state index contributed by atoms with van der Waals surface area (Å²) in [4.78, 5) is 13.9. The number of nitrogens with one attached hydrogen (secondary N) is 1. The van der Waals surface area contributed by atoms with E-state index in [4.69, 9.17) is 10.3 Å². The predicted octanol–water partition coefficient (Wildman–Crippen LogP) is 2.06. The number of hydrogen-bond donors (Lipinski definition) is 2. The van der Waals surface area contributed by atoms with Crippen molar-refractivity contribution in [3.8, 4) is 0 Å². The number of carbonyl (C=O) groups is 1. The molecular formula is C16H25N3O2. The number of rotatable bonds is 5. The van der Waals surface area contributed by atoms with Crippen molar-refractivity contribution in [1.82, 2.24) is 10.3 Å². The van der Waals surface area contributed by atoms with Crippen molar-refractivity contribution in [1.29, 1.82) is 0 Å². The van der Waals surface area contributed by atoms with E-state index in [1.54, 1.807) is 0 Å². The Bertz CT molecular complexity index is 526. The SMILES string of the molecule is Cc1cc(CN(C)CC2CC3CCC2C3)oc1C(=O)NN. The molecule has 5 nitrogen and oxygen atoms in total. The van der Waals surface area contributed by atoms with Crippen LogP contribution < -0.4 is 11.3 Å². The van der Waals surface area contributed by atoms with E-state index in [-0.39, 0.29) is 5.91 Å². The van der Waals surface area contributed by atoms with Gasteiger partial charge in [0.2, 0.25) is 0 Å². The molecule has 3 unspecified atom stereocenters. The van der Waals surface area contributed by atoms with E-state index in [2.05, 4.69) is 17.4 Å². The molecule has 2 aliphatic carbocycles. The highest BCUT2D eigenvalue weighted by Gasteiger charge is 2.39. The quantitative estimate of drug-likeness (QED) is 0.495. The second kappa shape index (κ2) is 5.81. The summed E-state index contributed by atoms with van der Waals surface area (Å²) in [6.45, 7) is 3.74. The van der Waals surface area contributed by atoms with E-state index >= 15 is 0 Å². The maximum Gasteiger partial charge on any atom is 0.301 e. The van der Waals surface area contributed by atoms with Crippen LogP contribution in [0, 0.1) is 24.7 Å². The van der Waals surface area contributed by atoms with Crippen molar-refractivity contribution >= 4 is 5.91 Å². The molecule has 0 radical (unpaired) electrons. The topological polar surface area (TPSA) is 71.5 Å². The molecule has 1 aromatic rings. The molecule has 1 heterocycles. The number of furan rings is 1. The first-order chi connectivity index (χ1) is 10.1. The summed E-state index contributed by atoms with van der Waals surface area (Å²) in [5.74, 6) is 8.71. The fourth-order valence-electron chi connectivity index (χ4n) is 4.25. The number of carbonyl (C=O) groups excluding carboxylic acids is 1. The van der Waals surface area contributed by atoms with Crippen molar-refractivity contribution < 1.29 is 9.21 Å². The van der Waals surface area contributed by atoms with Gasteiger partial charge in [0.05, 0.1) is 6.54 Å². The number of nitrogens with two attached hydrogens (primary N) is 1. The molecule has 2 bridgehead atoms. The second-order valence-corrected chi connectivity index (χ2v) is 6.83. The summed E-state index contributed by atoms with van der Waals surface area (Å²) in [5, 5.41) is 0. The summed E-state index contributed by atoms with van der Waals surface area (Å²) < 4.78 is 5.63. The Balaban J connectivity index is 1.57. The van der Waals surface area contributed by atoms with Gasteiger partial charge in [0.1, 0.15) is 5.76 Å². The van der Waals surface area contributed by atoms with Gasteiger partial charge < -0.3 is 4.42 Å². The van der Waals surface area contributed by atoms with Gasteiger partial charge in [0, 0.05) is 12.1 Å². The van der Waals surface area contributed by atoms with Gasteiger partial charge in [0.25, 0.3) is 0 Å². The second-order valence-electron chi connectivity index (χ2n) is 6.83. The zero-order chi connectivity index (χ0) is 15.0. The molecular weight excluding hydrogens is 266 g/mol. The molecule has 0 spiro atoms. The average Bonchev–Trinajstić information content (AvgIpc) is 3.13. The molecule has 1 aromatic heterocycles. The minimum Gasteiger partial charge on any atom is -0.454 e. The van der Waals surface area contributed by atoms with Crippen LogP contribution in [0.1, 0.15) is 47.6 Å². The zero-order valence-corrected chi connectivity index (χ0v) is 12.9. The standard InChI is InChI=1S/C16H25N3O2/c1-10-5-14(21-15(10)16(20)18-17)9-19(2)8-13-7-11-3-4-12(13)6-11/h5,11-13H,3-4,6-9,17H2,1-2H3,(H,18,20). The number of aryl methyl sites for hydroxylation is 1. The molecule has 0 saturated heterocycles. The lowest BCUT2D eigenvalue weighted by molar-refractivity contribution is 0.0921. The van der Waals surface area contributed by atoms with Crippen molar-refractivity contribution in [2.45, 2.75) is 39.2 Å². The molecule has 0 aliphatic heterocycles. The first kappa shape index (κ1) is 14.6. The molecule has 21 heavy (non-hydrogen) atoms. The Hall–Kier alpha value is -1.33. The molecule has 2 fully saturated rings. The third kappa shape index (κ3) is 2.99. The molecule has 3 atom stereocenters. The molecule has 0 aromatic carbocycles. The molecule has 3 rings (SSSR count). The lowest BCUT2D eigenvalue weighted by Crippen LogP contribution is -2.30. The van der Waals surface area contributed by atoms with Crippen LogP contribution in [0.3, 0.4) is 0 Å². The number of hydrogen-bond acceptors (Lipinski definition) is 4. The van der Waals surface area contributed by atoms with Crippen LogP contribution in [0.15, 0.2) is 10.5 Å². The maximum atomic E-state index is 11.6. The van der Waals surface area contributed by atoms with Gasteiger partial charge in [-0.3, -0.25) is 15.1 Å². The van der Waals surface area contributed by atoms with E-state index in [0.29, 0.717) is 5.76 Å². The summed E-state index contributed by atoms with van der Waals surface area (Å²) in [6, 6.07) is 1.93. The largest absolute Gasteiger partial charge is 0.454 e. The Morgan fingerprint density at radius 1 is 1.48 bits per heavy atom. The van der Waals surface area contributed by atoms with Crippen LogP contribution in [0.2, 0.25) is 0 Å². The minimum absolute atomic E-state index is 0.320. The van der Waals surface area contributed by atoms with Crippen molar-refractivity contribution in [2.24, 2.45) is 23.6 Å². The van der Waals surface area contributed by atoms with Gasteiger partial charge in [-0.25, -0.2) is 5.84 Å². The molecule has 3 N–H and O–H groups in total. The number of hydrazine groups is 1. The lowest BCUT2D eigenvalue weighted by Gasteiger charge is -2.26. The minimum atomic E-state index is -0.366. The molecule has 2 saturated carbocycles. The van der Waals surface area contributed by atoms with E-state index < -0.39 is 0 Å². The lowest BCUT2D eigenvalue weighted by atomic mass is 9.88. The third-order valence-corrected chi connectivity index (χ3v) is 5.16. The summed E-state index contributed by atoms with van der Waals surface area (Å²) in [7, 11) is 2.13. The first-order valence-corrected chi connectivity index (χ1v) is 7.85. The van der Waals surface area contributed by atoms with E-state index in [9.17, 15) is 4.79 Å². The van der Waals surface area contributed by atoms with E-state index in [0.717, 1.165) is 42.2 Å². The Morgan fingerprint density at radius 2 is 2.29 bits per heavy atom. The predicted molar refractivity (Wildman–Crippen MR) is 80.4 cm³/mol. The molecule has 2 aliphatic rings. The van der Waals surface area contributed by atoms with Crippen molar-refractivity contribution in [2.75, 3.05) is 13.6 Å². The van der Waals surface area contributed by atoms with Gasteiger partial charge in [-0.1, -0.05) is 6.42 Å². The van der Waals surface area contributed by atoms with Crippen LogP contribution in [0.4, 0.5) is 0 Å². The van der Waals surface area contributed by atoms with Gasteiger partial charge in [0.15, 0.2) is 5.76 Å². The van der Waals surface area contributed by atoms with Crippen LogP contribution in [0.25, 0.3) is 0 Å². The van der Waals surface area contributed by atoms with Crippen molar-refractivity contribution in [3.05, 3.63) is 23.2 Å². The summed E-state index contributed by atoms with van der Waals surface area (Å²) >= 11 is 0. The highest BCUT2D eigenvalue weighted by molar-refractivity contribution is 5.92. The van der Waals surface area contributed by atoms with Crippen LogP contribution in [-0.4, -0.2) is 24.4 Å². The first-order valence-electron chi connectivity index (χ1n) is 7.85. The fraction of sp³-hybridized carbons (Fsp3) is 0.688. The number of fused-ring (bicyclic) bond motifs is 2. The Kier molecular flexibility index (Phi) is 4.04. The highest BCUT2D eigenvalue weighted by atomic mass is 16.4. The zero-order valence-electron chi connectivity index (χ0n) is 12.9. The van der Waals surface area contributed by atoms with Gasteiger partial charge >= 0.3 is 5.91 Å². The van der Waals surface area contributed by atoms with Crippen LogP contribution in [0.5, 0.6) is 0 Å². The van der Waals surface area contributed by atoms with E-state index in [1.807, 2.05) is 13.0 Å². The monoisotopic (exact) mass is 291 g/mol. The molecule has 5 heteroatoms. The third-order valence-electron chi connectivity index (χ3n) is 5.16. The van der Waals surface area contributed by atoms with Gasteiger partial charge in [-0.15, -0.1) is 0 Å². The smallest absolute Gasteiger partial charge is 0.301 e. The number of nitrogens with zero attached hydrogens (tertiary/aromatic N) is 1. The number of amides is 1. The maximum absolute atomic E-state index is 11.6. The van der Waals surface area contributed by atoms with Crippen LogP contribution in [-0.2, 0) is 6.54 Å². The highest BCUT2D eigenvalue weighted by Crippen LogP contribution is 2.48. The molecule has 116 valence electrons. The molecule has 1 amide bonds. The fourth-order valence-corrected chi connectivity index (χ4v) is 4.25. The van der Waals surface area contributed by atoms with Crippen LogP contribution >= 0.6 is 0 Å². The average molecular weight is 291 g/mol. The van der Waals surface area contributed by atoms with Gasteiger partial charge in [-0.2, -0.15) is 0 Å². The van der Waals surface area contributed by atoms with E-state index in [1.165, 1.54) is 25.7 Å². The summed E-state index contributed by atoms with van der Waals surface area (Å²) in [5.41, 5.74) is 2.95. The van der Waals surface area contributed by atoms with Crippen molar-refractivity contribution in [3.63, 3.8) is 0 Å². The summed E-state index contributed by atoms with van der Waals surface area (Å²) in [6.07, 6.45) is 5.70. The van der Waals surface area contributed by atoms with Gasteiger partial charge in [-0.05, 0) is 57.1 Å². The normalized spacial score (nSPS) is 27.5. The number of nitrogen functional groups attached to an aromatic ring is 1.